The van der Waals surface area contributed by atoms with Crippen LogP contribution in [0, 0.1) is 0 Å². The minimum absolute atomic E-state index is 0.159. The molecular formula is C14H32N2O. The lowest BCUT2D eigenvalue weighted by Gasteiger charge is -2.00. The number of amides is 1. The number of nitrogens with two attached hydrogens (primary N) is 1. The van der Waals surface area contributed by atoms with Crippen molar-refractivity contribution in [1.29, 1.82) is 0 Å². The van der Waals surface area contributed by atoms with Crippen molar-refractivity contribution in [2.45, 2.75) is 71.1 Å². The molecule has 0 heterocycles. The van der Waals surface area contributed by atoms with Gasteiger partial charge in [0.05, 0.1) is 0 Å². The summed E-state index contributed by atoms with van der Waals surface area (Å²) in [5, 5.41) is 2.75. The van der Waals surface area contributed by atoms with Crippen LogP contribution in [0.5, 0.6) is 0 Å². The Kier molecular flexibility index (Phi) is 19.7. The molecule has 0 aliphatic rings. The fraction of sp³-hybridized carbons (Fsp3) is 0.929. The lowest BCUT2D eigenvalue weighted by atomic mass is 10.1. The van der Waals surface area contributed by atoms with Gasteiger partial charge >= 0.3 is 0 Å². The van der Waals surface area contributed by atoms with E-state index < -0.39 is 0 Å². The molecule has 3 N–H and O–H groups in total. The minimum Gasteiger partial charge on any atom is -0.370 e. The van der Waals surface area contributed by atoms with Crippen LogP contribution in [0.15, 0.2) is 0 Å². The van der Waals surface area contributed by atoms with Crippen LogP contribution >= 0.6 is 0 Å². The lowest BCUT2D eigenvalue weighted by Crippen LogP contribution is -2.09. The third-order valence-corrected chi connectivity index (χ3v) is 2.53. The van der Waals surface area contributed by atoms with Gasteiger partial charge in [-0.1, -0.05) is 58.3 Å². The molecule has 0 bridgehead atoms. The standard InChI is InChI=1S/C12H25NO.C2H7N/c1-2-3-4-5-6-7-8-9-10-11-12(13)14;1-3-2/h2-11H2,1H3,(H2,13,14);3H,1-2H3. The Balaban J connectivity index is 0. The molecule has 3 nitrogen and oxygen atoms in total. The van der Waals surface area contributed by atoms with Crippen LogP contribution in [0.2, 0.25) is 0 Å². The average molecular weight is 244 g/mol. The van der Waals surface area contributed by atoms with Gasteiger partial charge in [-0.3, -0.25) is 4.79 Å². The van der Waals surface area contributed by atoms with Crippen LogP contribution in [-0.4, -0.2) is 20.0 Å². The van der Waals surface area contributed by atoms with Gasteiger partial charge in [0.25, 0.3) is 0 Å². The Hall–Kier alpha value is -0.570. The summed E-state index contributed by atoms with van der Waals surface area (Å²) in [7, 11) is 3.75. The first-order chi connectivity index (χ1) is 8.18. The van der Waals surface area contributed by atoms with E-state index in [-0.39, 0.29) is 5.91 Å². The fourth-order valence-electron chi connectivity index (χ4n) is 1.61. The van der Waals surface area contributed by atoms with Crippen LogP contribution in [0.25, 0.3) is 0 Å². The molecule has 0 unspecified atom stereocenters. The number of carbonyl (C=O) groups excluding carboxylic acids is 1. The molecular weight excluding hydrogens is 212 g/mol. The molecule has 0 aromatic carbocycles. The van der Waals surface area contributed by atoms with Crippen molar-refractivity contribution in [3.63, 3.8) is 0 Å². The second-order valence-corrected chi connectivity index (χ2v) is 4.54. The van der Waals surface area contributed by atoms with Crippen molar-refractivity contribution in [1.82, 2.24) is 5.32 Å². The zero-order valence-corrected chi connectivity index (χ0v) is 12.1. The number of carbonyl (C=O) groups is 1. The number of hydrogen-bond donors (Lipinski definition) is 2. The molecule has 0 saturated carbocycles. The quantitative estimate of drug-likeness (QED) is 0.580. The predicted molar refractivity (Wildman–Crippen MR) is 76.0 cm³/mol. The summed E-state index contributed by atoms with van der Waals surface area (Å²) in [5.41, 5.74) is 5.05. The van der Waals surface area contributed by atoms with Gasteiger partial charge in [-0.25, -0.2) is 0 Å². The maximum atomic E-state index is 10.4. The number of nitrogens with one attached hydrogen (secondary N) is 1. The van der Waals surface area contributed by atoms with Crippen LogP contribution in [0.3, 0.4) is 0 Å². The highest BCUT2D eigenvalue weighted by atomic mass is 16.1. The van der Waals surface area contributed by atoms with Gasteiger partial charge in [0, 0.05) is 6.42 Å². The van der Waals surface area contributed by atoms with E-state index in [0.717, 1.165) is 12.8 Å². The highest BCUT2D eigenvalue weighted by molar-refractivity contribution is 5.73. The number of hydrogen-bond acceptors (Lipinski definition) is 2. The summed E-state index contributed by atoms with van der Waals surface area (Å²) in [6.45, 7) is 2.24. The molecule has 0 aromatic rings. The smallest absolute Gasteiger partial charge is 0.217 e. The topological polar surface area (TPSA) is 55.1 Å². The third kappa shape index (κ3) is 25.6. The van der Waals surface area contributed by atoms with Gasteiger partial charge in [-0.2, -0.15) is 0 Å². The van der Waals surface area contributed by atoms with Gasteiger partial charge in [0.1, 0.15) is 0 Å². The Morgan fingerprint density at radius 1 is 0.882 bits per heavy atom. The zero-order chi connectivity index (χ0) is 13.4. The molecule has 104 valence electrons. The molecule has 0 spiro atoms. The van der Waals surface area contributed by atoms with Gasteiger partial charge in [-0.15, -0.1) is 0 Å². The van der Waals surface area contributed by atoms with Crippen molar-refractivity contribution in [3.8, 4) is 0 Å². The molecule has 0 aromatic heterocycles. The maximum Gasteiger partial charge on any atom is 0.217 e. The Labute approximate surface area is 108 Å². The summed E-state index contributed by atoms with van der Waals surface area (Å²) in [6.07, 6.45) is 12.1. The molecule has 0 radical (unpaired) electrons. The highest BCUT2D eigenvalue weighted by Gasteiger charge is 1.94. The number of rotatable bonds is 10. The third-order valence-electron chi connectivity index (χ3n) is 2.53. The molecule has 1 amide bonds. The number of unbranched alkanes of at least 4 members (excludes halogenated alkanes) is 8. The molecule has 3 heteroatoms. The van der Waals surface area contributed by atoms with Crippen molar-refractivity contribution < 1.29 is 4.79 Å². The SMILES string of the molecule is CCCCCCCCCCCC(N)=O.CNC. The maximum absolute atomic E-state index is 10.4. The number of primary amides is 1. The predicted octanol–water partition coefficient (Wildman–Crippen LogP) is 3.23. The lowest BCUT2D eigenvalue weighted by molar-refractivity contribution is -0.118. The second kappa shape index (κ2) is 17.8. The zero-order valence-electron chi connectivity index (χ0n) is 12.1. The van der Waals surface area contributed by atoms with Gasteiger partial charge in [0.15, 0.2) is 0 Å². The summed E-state index contributed by atoms with van der Waals surface area (Å²) < 4.78 is 0. The monoisotopic (exact) mass is 244 g/mol. The first-order valence-electron chi connectivity index (χ1n) is 7.05. The van der Waals surface area contributed by atoms with Crippen LogP contribution in [0.1, 0.15) is 71.1 Å². The van der Waals surface area contributed by atoms with E-state index in [9.17, 15) is 4.79 Å². The fourth-order valence-corrected chi connectivity index (χ4v) is 1.61. The normalized spacial score (nSPS) is 9.59. The van der Waals surface area contributed by atoms with E-state index in [1.54, 1.807) is 0 Å². The highest BCUT2D eigenvalue weighted by Crippen LogP contribution is 2.10. The van der Waals surface area contributed by atoms with Gasteiger partial charge < -0.3 is 11.1 Å². The summed E-state index contributed by atoms with van der Waals surface area (Å²) >= 11 is 0. The van der Waals surface area contributed by atoms with E-state index in [4.69, 9.17) is 5.73 Å². The molecule has 17 heavy (non-hydrogen) atoms. The molecule has 0 aliphatic heterocycles. The molecule has 0 fully saturated rings. The molecule has 0 rings (SSSR count). The first-order valence-corrected chi connectivity index (χ1v) is 7.05. The minimum atomic E-state index is -0.159. The summed E-state index contributed by atoms with van der Waals surface area (Å²) in [5.74, 6) is -0.159. The van der Waals surface area contributed by atoms with Crippen LogP contribution < -0.4 is 11.1 Å². The molecule has 0 atom stereocenters. The molecule has 0 saturated heterocycles. The van der Waals surface area contributed by atoms with E-state index in [2.05, 4.69) is 12.2 Å². The average Bonchev–Trinajstić information content (AvgIpc) is 2.27. The van der Waals surface area contributed by atoms with Gasteiger partial charge in [-0.05, 0) is 20.5 Å². The first kappa shape index (κ1) is 18.8. The van der Waals surface area contributed by atoms with E-state index >= 15 is 0 Å². The van der Waals surface area contributed by atoms with E-state index in [0.29, 0.717) is 6.42 Å². The summed E-state index contributed by atoms with van der Waals surface area (Å²) in [6, 6.07) is 0. The second-order valence-electron chi connectivity index (χ2n) is 4.54. The Morgan fingerprint density at radius 3 is 1.59 bits per heavy atom. The van der Waals surface area contributed by atoms with Crippen LogP contribution in [0.4, 0.5) is 0 Å². The molecule has 0 aliphatic carbocycles. The van der Waals surface area contributed by atoms with Crippen molar-refractivity contribution >= 4 is 5.91 Å². The van der Waals surface area contributed by atoms with Crippen molar-refractivity contribution in [2.24, 2.45) is 5.73 Å². The Bertz CT molecular complexity index is 149. The van der Waals surface area contributed by atoms with E-state index in [1.165, 1.54) is 44.9 Å². The summed E-state index contributed by atoms with van der Waals surface area (Å²) in [4.78, 5) is 10.4. The van der Waals surface area contributed by atoms with Crippen LogP contribution in [-0.2, 0) is 4.79 Å². The van der Waals surface area contributed by atoms with Crippen molar-refractivity contribution in [2.75, 3.05) is 14.1 Å². The Morgan fingerprint density at radius 2 is 1.24 bits per heavy atom. The van der Waals surface area contributed by atoms with Gasteiger partial charge in [0.2, 0.25) is 5.91 Å². The van der Waals surface area contributed by atoms with E-state index in [1.807, 2.05) is 14.1 Å². The largest absolute Gasteiger partial charge is 0.370 e. The van der Waals surface area contributed by atoms with Crippen molar-refractivity contribution in [3.05, 3.63) is 0 Å².